The highest BCUT2D eigenvalue weighted by Crippen LogP contribution is 2.24. The molecule has 0 aliphatic carbocycles. The lowest BCUT2D eigenvalue weighted by atomic mass is 10.2. The second-order valence-corrected chi connectivity index (χ2v) is 11.8. The van der Waals surface area contributed by atoms with Crippen molar-refractivity contribution in [3.63, 3.8) is 0 Å². The zero-order chi connectivity index (χ0) is 29.1. The predicted octanol–water partition coefficient (Wildman–Crippen LogP) is 4.33. The second kappa shape index (κ2) is 14.4. The summed E-state index contributed by atoms with van der Waals surface area (Å²) in [5.74, 6) is -0.350. The number of carbonyl (C=O) groups is 2. The van der Waals surface area contributed by atoms with E-state index >= 15 is 0 Å². The van der Waals surface area contributed by atoms with Gasteiger partial charge in [0.15, 0.2) is 6.61 Å². The highest BCUT2D eigenvalue weighted by molar-refractivity contribution is 14.1. The molecule has 0 saturated heterocycles. The molecule has 2 amide bonds. The fraction of sp³-hybridized carbons (Fsp3) is 0.100. The fourth-order valence-electron chi connectivity index (χ4n) is 3.63. The molecular weight excluding hydrogens is 655 g/mol. The Morgan fingerprint density at radius 3 is 2.12 bits per heavy atom. The van der Waals surface area contributed by atoms with Crippen molar-refractivity contribution >= 4 is 56.3 Å². The SMILES string of the molecule is O=C(COc1ccc(/C=N\NC(=O)CN(c2ccc(I)cc2)S(=O)(=O)c2ccccc2)cc1)NCc1ccccc1. The van der Waals surface area contributed by atoms with Crippen molar-refractivity contribution in [1.82, 2.24) is 10.7 Å². The van der Waals surface area contributed by atoms with Crippen LogP contribution in [0.5, 0.6) is 5.75 Å². The molecule has 9 nitrogen and oxygen atoms in total. The van der Waals surface area contributed by atoms with E-state index in [1.54, 1.807) is 66.7 Å². The number of carbonyl (C=O) groups excluding carboxylic acids is 2. The molecule has 0 spiro atoms. The summed E-state index contributed by atoms with van der Waals surface area (Å²) in [5.41, 5.74) is 4.41. The van der Waals surface area contributed by atoms with Gasteiger partial charge < -0.3 is 10.1 Å². The number of rotatable bonds is 12. The first-order chi connectivity index (χ1) is 19.8. The van der Waals surface area contributed by atoms with Crippen LogP contribution < -0.4 is 19.8 Å². The Kier molecular flexibility index (Phi) is 10.5. The maximum absolute atomic E-state index is 13.3. The van der Waals surface area contributed by atoms with Gasteiger partial charge in [0.1, 0.15) is 12.3 Å². The minimum Gasteiger partial charge on any atom is -0.484 e. The summed E-state index contributed by atoms with van der Waals surface area (Å²) in [6, 6.07) is 31.1. The lowest BCUT2D eigenvalue weighted by Crippen LogP contribution is -2.39. The number of ether oxygens (including phenoxy) is 1. The summed E-state index contributed by atoms with van der Waals surface area (Å²) in [5, 5.41) is 6.76. The minimum absolute atomic E-state index is 0.0748. The predicted molar refractivity (Wildman–Crippen MR) is 166 cm³/mol. The first-order valence-electron chi connectivity index (χ1n) is 12.5. The number of sulfonamides is 1. The van der Waals surface area contributed by atoms with Gasteiger partial charge >= 0.3 is 0 Å². The van der Waals surface area contributed by atoms with Crippen LogP contribution in [0.3, 0.4) is 0 Å². The summed E-state index contributed by atoms with van der Waals surface area (Å²) in [4.78, 5) is 24.8. The monoisotopic (exact) mass is 682 g/mol. The van der Waals surface area contributed by atoms with E-state index in [1.807, 2.05) is 30.3 Å². The molecule has 0 saturated carbocycles. The normalized spacial score (nSPS) is 11.1. The lowest BCUT2D eigenvalue weighted by molar-refractivity contribution is -0.123. The molecule has 0 aromatic heterocycles. The van der Waals surface area contributed by atoms with E-state index in [0.717, 1.165) is 13.4 Å². The Morgan fingerprint density at radius 1 is 0.829 bits per heavy atom. The maximum atomic E-state index is 13.3. The van der Waals surface area contributed by atoms with Gasteiger partial charge in [-0.25, -0.2) is 13.8 Å². The van der Waals surface area contributed by atoms with Crippen LogP contribution >= 0.6 is 22.6 Å². The topological polar surface area (TPSA) is 117 Å². The molecule has 210 valence electrons. The number of halogens is 1. The van der Waals surface area contributed by atoms with Crippen molar-refractivity contribution in [2.75, 3.05) is 17.5 Å². The number of benzene rings is 4. The summed E-state index contributed by atoms with van der Waals surface area (Å²) in [7, 11) is -4.00. The third-order valence-electron chi connectivity index (χ3n) is 5.72. The quantitative estimate of drug-likeness (QED) is 0.131. The third-order valence-corrected chi connectivity index (χ3v) is 8.23. The van der Waals surface area contributed by atoms with E-state index in [2.05, 4.69) is 38.4 Å². The van der Waals surface area contributed by atoms with Crippen LogP contribution in [-0.4, -0.2) is 39.6 Å². The van der Waals surface area contributed by atoms with Crippen molar-refractivity contribution < 1.29 is 22.7 Å². The van der Waals surface area contributed by atoms with Crippen LogP contribution in [0.1, 0.15) is 11.1 Å². The van der Waals surface area contributed by atoms with Crippen LogP contribution in [0.4, 0.5) is 5.69 Å². The molecule has 2 N–H and O–H groups in total. The average Bonchev–Trinajstić information content (AvgIpc) is 3.00. The van der Waals surface area contributed by atoms with Gasteiger partial charge in [0.25, 0.3) is 21.8 Å². The standard InChI is InChI=1S/C30H27IN4O5S/c31-25-13-15-26(16-14-25)35(41(38,39)28-9-5-2-6-10-28)21-29(36)34-33-20-24-11-17-27(18-12-24)40-22-30(37)32-19-23-7-3-1-4-8-23/h1-18,20H,19,21-22H2,(H,32,37)(H,34,36)/b33-20-. The Balaban J connectivity index is 1.31. The molecule has 0 atom stereocenters. The van der Waals surface area contributed by atoms with Gasteiger partial charge in [0.05, 0.1) is 16.8 Å². The summed E-state index contributed by atoms with van der Waals surface area (Å²) in [6.45, 7) is -0.168. The molecule has 0 aliphatic heterocycles. The molecule has 4 rings (SSSR count). The van der Waals surface area contributed by atoms with Crippen molar-refractivity contribution in [1.29, 1.82) is 0 Å². The van der Waals surface area contributed by atoms with Gasteiger partial charge in [0.2, 0.25) is 0 Å². The summed E-state index contributed by atoms with van der Waals surface area (Å²) >= 11 is 2.12. The zero-order valence-corrected chi connectivity index (χ0v) is 24.8. The van der Waals surface area contributed by atoms with Gasteiger partial charge in [0, 0.05) is 10.1 Å². The van der Waals surface area contributed by atoms with E-state index < -0.39 is 22.5 Å². The van der Waals surface area contributed by atoms with Crippen molar-refractivity contribution in [2.45, 2.75) is 11.4 Å². The van der Waals surface area contributed by atoms with E-state index in [4.69, 9.17) is 4.74 Å². The van der Waals surface area contributed by atoms with Crippen LogP contribution in [-0.2, 0) is 26.2 Å². The van der Waals surface area contributed by atoms with Gasteiger partial charge in [-0.1, -0.05) is 48.5 Å². The fourth-order valence-corrected chi connectivity index (χ4v) is 5.43. The van der Waals surface area contributed by atoms with Gasteiger partial charge in [-0.15, -0.1) is 0 Å². The maximum Gasteiger partial charge on any atom is 0.264 e. The molecular formula is C30H27IN4O5S. The number of hydrazone groups is 1. The number of nitrogens with zero attached hydrogens (tertiary/aromatic N) is 2. The Labute approximate surface area is 252 Å². The van der Waals surface area contributed by atoms with E-state index in [0.29, 0.717) is 23.5 Å². The minimum atomic E-state index is -4.00. The highest BCUT2D eigenvalue weighted by atomic mass is 127. The molecule has 0 unspecified atom stereocenters. The van der Waals surface area contributed by atoms with Gasteiger partial charge in [-0.2, -0.15) is 5.10 Å². The van der Waals surface area contributed by atoms with E-state index in [9.17, 15) is 18.0 Å². The number of hydrogen-bond acceptors (Lipinski definition) is 6. The van der Waals surface area contributed by atoms with Crippen LogP contribution in [0, 0.1) is 3.57 Å². The Bertz CT molecular complexity index is 1580. The molecule has 0 fully saturated rings. The van der Waals surface area contributed by atoms with Crippen molar-refractivity contribution in [2.24, 2.45) is 5.10 Å². The first-order valence-corrected chi connectivity index (χ1v) is 15.0. The summed E-state index contributed by atoms with van der Waals surface area (Å²) < 4.78 is 34.2. The molecule has 4 aromatic rings. The molecule has 0 radical (unpaired) electrons. The Morgan fingerprint density at radius 2 is 1.46 bits per heavy atom. The summed E-state index contributed by atoms with van der Waals surface area (Å²) in [6.07, 6.45) is 1.43. The Hall–Kier alpha value is -4.23. The number of amides is 2. The van der Waals surface area contributed by atoms with E-state index in [-0.39, 0.29) is 17.4 Å². The second-order valence-electron chi connectivity index (χ2n) is 8.71. The molecule has 0 aliphatic rings. The molecule has 0 bridgehead atoms. The molecule has 4 aromatic carbocycles. The van der Waals surface area contributed by atoms with Crippen molar-refractivity contribution in [3.05, 3.63) is 124 Å². The molecule has 41 heavy (non-hydrogen) atoms. The van der Waals surface area contributed by atoms with E-state index in [1.165, 1.54) is 18.3 Å². The van der Waals surface area contributed by atoms with Crippen LogP contribution in [0.15, 0.2) is 119 Å². The smallest absolute Gasteiger partial charge is 0.264 e. The number of nitrogens with one attached hydrogen (secondary N) is 2. The van der Waals surface area contributed by atoms with Gasteiger partial charge in [-0.3, -0.25) is 13.9 Å². The zero-order valence-electron chi connectivity index (χ0n) is 21.8. The largest absolute Gasteiger partial charge is 0.484 e. The van der Waals surface area contributed by atoms with Crippen LogP contribution in [0.2, 0.25) is 0 Å². The molecule has 11 heteroatoms. The molecule has 0 heterocycles. The average molecular weight is 683 g/mol. The number of anilines is 1. The van der Waals surface area contributed by atoms with Crippen LogP contribution in [0.25, 0.3) is 0 Å². The number of hydrogen-bond donors (Lipinski definition) is 2. The van der Waals surface area contributed by atoms with Crippen molar-refractivity contribution in [3.8, 4) is 5.75 Å². The lowest BCUT2D eigenvalue weighted by Gasteiger charge is -2.23. The third kappa shape index (κ3) is 8.88. The first kappa shape index (κ1) is 29.7. The van der Waals surface area contributed by atoms with Gasteiger partial charge in [-0.05, 0) is 94.4 Å². The highest BCUT2D eigenvalue weighted by Gasteiger charge is 2.27.